The monoisotopic (exact) mass is 293 g/mol. The first-order chi connectivity index (χ1) is 10.1. The lowest BCUT2D eigenvalue weighted by molar-refractivity contribution is -0.145. The molecule has 0 radical (unpaired) electrons. The van der Waals surface area contributed by atoms with Crippen molar-refractivity contribution in [2.45, 2.75) is 19.8 Å². The van der Waals surface area contributed by atoms with Gasteiger partial charge in [-0.05, 0) is 25.0 Å². The minimum absolute atomic E-state index is 0.0768. The molecule has 1 amide bonds. The van der Waals surface area contributed by atoms with E-state index in [1.54, 1.807) is 27.2 Å². The lowest BCUT2D eigenvalue weighted by Gasteiger charge is -2.25. The van der Waals surface area contributed by atoms with E-state index in [9.17, 15) is 9.59 Å². The van der Waals surface area contributed by atoms with E-state index >= 15 is 0 Å². The van der Waals surface area contributed by atoms with E-state index in [0.29, 0.717) is 30.2 Å². The van der Waals surface area contributed by atoms with Gasteiger partial charge in [0.15, 0.2) is 11.5 Å². The molecule has 0 fully saturated rings. The summed E-state index contributed by atoms with van der Waals surface area (Å²) in [6.45, 7) is 2.06. The predicted molar refractivity (Wildman–Crippen MR) is 76.6 cm³/mol. The normalized spacial score (nSPS) is 16.7. The third-order valence-corrected chi connectivity index (χ3v) is 3.42. The van der Waals surface area contributed by atoms with Crippen molar-refractivity contribution < 1.29 is 23.8 Å². The van der Waals surface area contributed by atoms with Crippen LogP contribution in [0.2, 0.25) is 0 Å². The van der Waals surface area contributed by atoms with Crippen LogP contribution in [0.1, 0.15) is 18.9 Å². The van der Waals surface area contributed by atoms with Gasteiger partial charge in [-0.2, -0.15) is 0 Å². The molecule has 21 heavy (non-hydrogen) atoms. The second kappa shape index (κ2) is 6.47. The van der Waals surface area contributed by atoms with Crippen LogP contribution in [0.25, 0.3) is 0 Å². The van der Waals surface area contributed by atoms with Gasteiger partial charge in [-0.3, -0.25) is 9.59 Å². The number of rotatable bonds is 5. The Morgan fingerprint density at radius 2 is 1.95 bits per heavy atom. The summed E-state index contributed by atoms with van der Waals surface area (Å²) in [5.74, 6) is 0.196. The van der Waals surface area contributed by atoms with Gasteiger partial charge in [-0.15, -0.1) is 0 Å². The van der Waals surface area contributed by atoms with Crippen molar-refractivity contribution in [2.75, 3.05) is 26.1 Å². The number of fused-ring (bicyclic) bond motifs is 1. The molecule has 0 spiro atoms. The van der Waals surface area contributed by atoms with Crippen LogP contribution in [-0.4, -0.2) is 32.7 Å². The number of amides is 1. The number of carbonyl (C=O) groups is 2. The van der Waals surface area contributed by atoms with Crippen LogP contribution in [-0.2, 0) is 20.7 Å². The Balaban J connectivity index is 2.21. The number of hydrogen-bond donors (Lipinski definition) is 1. The van der Waals surface area contributed by atoms with E-state index in [4.69, 9.17) is 14.2 Å². The molecule has 2 rings (SSSR count). The first kappa shape index (κ1) is 15.2. The Labute approximate surface area is 123 Å². The maximum atomic E-state index is 12.1. The standard InChI is InChI=1S/C15H19NO5/c1-4-21-14(17)7-10-5-9-6-12(19-2)13(20-3)8-11(9)16-15(10)18/h6,8,10H,4-5,7H2,1-3H3,(H,16,18). The van der Waals surface area contributed by atoms with Crippen molar-refractivity contribution >= 4 is 17.6 Å². The number of benzene rings is 1. The van der Waals surface area contributed by atoms with Gasteiger partial charge in [-0.25, -0.2) is 0 Å². The number of ether oxygens (including phenoxy) is 3. The minimum atomic E-state index is -0.422. The molecule has 1 aromatic carbocycles. The molecule has 6 heteroatoms. The molecule has 1 aliphatic rings. The highest BCUT2D eigenvalue weighted by molar-refractivity contribution is 5.98. The number of hydrogen-bond acceptors (Lipinski definition) is 5. The van der Waals surface area contributed by atoms with Crippen LogP contribution in [0.3, 0.4) is 0 Å². The quantitative estimate of drug-likeness (QED) is 0.837. The summed E-state index contributed by atoms with van der Waals surface area (Å²) in [6.07, 6.45) is 0.549. The van der Waals surface area contributed by atoms with Crippen LogP contribution in [0, 0.1) is 5.92 Å². The van der Waals surface area contributed by atoms with Gasteiger partial charge >= 0.3 is 5.97 Å². The van der Waals surface area contributed by atoms with E-state index in [-0.39, 0.29) is 18.3 Å². The van der Waals surface area contributed by atoms with E-state index in [2.05, 4.69) is 5.32 Å². The number of carbonyl (C=O) groups excluding carboxylic acids is 2. The molecule has 1 heterocycles. The molecule has 1 unspecified atom stereocenters. The molecule has 1 aromatic rings. The maximum Gasteiger partial charge on any atom is 0.306 e. The van der Waals surface area contributed by atoms with Crippen molar-refractivity contribution in [3.8, 4) is 11.5 Å². The van der Waals surface area contributed by atoms with Crippen LogP contribution >= 0.6 is 0 Å². The molecule has 0 bridgehead atoms. The van der Waals surface area contributed by atoms with Gasteiger partial charge in [0, 0.05) is 11.8 Å². The Kier molecular flexibility index (Phi) is 4.67. The number of methoxy groups -OCH3 is 2. The highest BCUT2D eigenvalue weighted by Gasteiger charge is 2.29. The molecule has 1 aliphatic heterocycles. The summed E-state index contributed by atoms with van der Waals surface area (Å²) in [5.41, 5.74) is 1.61. The molecule has 0 saturated carbocycles. The van der Waals surface area contributed by atoms with Crippen LogP contribution in [0.15, 0.2) is 12.1 Å². The lowest BCUT2D eigenvalue weighted by Crippen LogP contribution is -2.32. The van der Waals surface area contributed by atoms with E-state index in [0.717, 1.165) is 5.56 Å². The summed E-state index contributed by atoms with van der Waals surface area (Å²) in [7, 11) is 3.10. The van der Waals surface area contributed by atoms with Crippen molar-refractivity contribution in [3.63, 3.8) is 0 Å². The van der Waals surface area contributed by atoms with Gasteiger partial charge in [0.2, 0.25) is 5.91 Å². The summed E-state index contributed by atoms with van der Waals surface area (Å²) in [4.78, 5) is 23.6. The Bertz CT molecular complexity index is 555. The van der Waals surface area contributed by atoms with Gasteiger partial charge in [-0.1, -0.05) is 0 Å². The fourth-order valence-corrected chi connectivity index (χ4v) is 2.39. The lowest BCUT2D eigenvalue weighted by atomic mass is 9.90. The van der Waals surface area contributed by atoms with Crippen molar-refractivity contribution in [1.82, 2.24) is 0 Å². The van der Waals surface area contributed by atoms with Crippen LogP contribution in [0.5, 0.6) is 11.5 Å². The molecular weight excluding hydrogens is 274 g/mol. The molecule has 0 aliphatic carbocycles. The summed E-state index contributed by atoms with van der Waals surface area (Å²) >= 11 is 0. The topological polar surface area (TPSA) is 73.9 Å². The Morgan fingerprint density at radius 3 is 2.57 bits per heavy atom. The summed E-state index contributed by atoms with van der Waals surface area (Å²) in [6, 6.07) is 3.55. The first-order valence-corrected chi connectivity index (χ1v) is 6.80. The van der Waals surface area contributed by atoms with Crippen LogP contribution in [0.4, 0.5) is 5.69 Å². The highest BCUT2D eigenvalue weighted by Crippen LogP contribution is 2.37. The molecule has 6 nitrogen and oxygen atoms in total. The zero-order valence-corrected chi connectivity index (χ0v) is 12.4. The van der Waals surface area contributed by atoms with Gasteiger partial charge in [0.25, 0.3) is 0 Å². The average Bonchev–Trinajstić information content (AvgIpc) is 2.47. The fraction of sp³-hybridized carbons (Fsp3) is 0.467. The van der Waals surface area contributed by atoms with E-state index in [1.165, 1.54) is 0 Å². The van der Waals surface area contributed by atoms with E-state index < -0.39 is 5.92 Å². The number of nitrogens with one attached hydrogen (secondary N) is 1. The van der Waals surface area contributed by atoms with Crippen LogP contribution < -0.4 is 14.8 Å². The minimum Gasteiger partial charge on any atom is -0.493 e. The molecule has 0 saturated heterocycles. The maximum absolute atomic E-state index is 12.1. The number of anilines is 1. The summed E-state index contributed by atoms with van der Waals surface area (Å²) < 4.78 is 15.4. The second-order valence-electron chi connectivity index (χ2n) is 4.76. The molecule has 1 atom stereocenters. The molecule has 0 aromatic heterocycles. The molecule has 1 N–H and O–H groups in total. The Morgan fingerprint density at radius 1 is 1.29 bits per heavy atom. The predicted octanol–water partition coefficient (Wildman–Crippen LogP) is 1.77. The van der Waals surface area contributed by atoms with Gasteiger partial charge in [0.1, 0.15) is 0 Å². The first-order valence-electron chi connectivity index (χ1n) is 6.80. The van der Waals surface area contributed by atoms with Crippen molar-refractivity contribution in [2.24, 2.45) is 5.92 Å². The van der Waals surface area contributed by atoms with Crippen molar-refractivity contribution in [3.05, 3.63) is 17.7 Å². The van der Waals surface area contributed by atoms with Gasteiger partial charge in [0.05, 0.1) is 33.2 Å². The molecule has 114 valence electrons. The Hall–Kier alpha value is -2.24. The largest absolute Gasteiger partial charge is 0.493 e. The third-order valence-electron chi connectivity index (χ3n) is 3.42. The zero-order chi connectivity index (χ0) is 15.4. The fourth-order valence-electron chi connectivity index (χ4n) is 2.39. The zero-order valence-electron chi connectivity index (χ0n) is 12.4. The SMILES string of the molecule is CCOC(=O)CC1Cc2cc(OC)c(OC)cc2NC1=O. The third kappa shape index (κ3) is 3.26. The average molecular weight is 293 g/mol. The van der Waals surface area contributed by atoms with E-state index in [1.807, 2.05) is 6.07 Å². The van der Waals surface area contributed by atoms with Gasteiger partial charge < -0.3 is 19.5 Å². The molecular formula is C15H19NO5. The summed E-state index contributed by atoms with van der Waals surface area (Å²) in [5, 5.41) is 2.80. The number of esters is 1. The smallest absolute Gasteiger partial charge is 0.306 e. The highest BCUT2D eigenvalue weighted by atomic mass is 16.5. The van der Waals surface area contributed by atoms with Crippen molar-refractivity contribution in [1.29, 1.82) is 0 Å². The second-order valence-corrected chi connectivity index (χ2v) is 4.76.